The molecule has 1 aliphatic heterocycles. The second-order valence-corrected chi connectivity index (χ2v) is 7.96. The van der Waals surface area contributed by atoms with Crippen molar-refractivity contribution in [3.63, 3.8) is 0 Å². The van der Waals surface area contributed by atoms with Crippen LogP contribution in [-0.4, -0.2) is 43.0 Å². The molecule has 2 aromatic rings. The number of amides is 2. The highest BCUT2D eigenvalue weighted by Gasteiger charge is 2.21. The van der Waals surface area contributed by atoms with Crippen LogP contribution in [0, 0.1) is 13.8 Å². The van der Waals surface area contributed by atoms with Crippen LogP contribution in [0.5, 0.6) is 11.5 Å². The summed E-state index contributed by atoms with van der Waals surface area (Å²) in [6.07, 6.45) is 4.13. The second-order valence-electron chi connectivity index (χ2n) is 7.96. The van der Waals surface area contributed by atoms with Gasteiger partial charge in [-0.3, -0.25) is 9.59 Å². The molecule has 6 heteroatoms. The topological polar surface area (TPSA) is 67.9 Å². The maximum atomic E-state index is 12.6. The van der Waals surface area contributed by atoms with Crippen LogP contribution in [0.1, 0.15) is 36.1 Å². The maximum Gasteiger partial charge on any atom is 0.246 e. The number of carbonyl (C=O) groups is 2. The van der Waals surface area contributed by atoms with Crippen LogP contribution in [0.15, 0.2) is 36.4 Å². The molecule has 0 saturated carbocycles. The van der Waals surface area contributed by atoms with Gasteiger partial charge in [0.05, 0.1) is 13.2 Å². The predicted octanol–water partition coefficient (Wildman–Crippen LogP) is 4.14. The summed E-state index contributed by atoms with van der Waals surface area (Å²) in [7, 11) is 1.60. The number of fused-ring (bicyclic) bond motifs is 1. The molecule has 0 bridgehead atoms. The van der Waals surface area contributed by atoms with Crippen LogP contribution in [0.2, 0.25) is 0 Å². The third-order valence-electron chi connectivity index (χ3n) is 5.16. The Kier molecular flexibility index (Phi) is 7.00. The van der Waals surface area contributed by atoms with Gasteiger partial charge in [0.1, 0.15) is 17.6 Å². The highest BCUT2D eigenvalue weighted by molar-refractivity contribution is 5.98. The third kappa shape index (κ3) is 5.66. The highest BCUT2D eigenvalue weighted by atomic mass is 16.5. The fourth-order valence-corrected chi connectivity index (χ4v) is 3.51. The smallest absolute Gasteiger partial charge is 0.246 e. The van der Waals surface area contributed by atoms with E-state index in [4.69, 9.17) is 9.47 Å². The van der Waals surface area contributed by atoms with E-state index in [0.717, 1.165) is 45.9 Å². The van der Waals surface area contributed by atoms with Crippen molar-refractivity contribution in [1.82, 2.24) is 4.90 Å². The molecule has 0 spiro atoms. The lowest BCUT2D eigenvalue weighted by Gasteiger charge is -2.16. The van der Waals surface area contributed by atoms with Gasteiger partial charge in [0, 0.05) is 36.4 Å². The first-order valence-electron chi connectivity index (χ1n) is 10.5. The summed E-state index contributed by atoms with van der Waals surface area (Å²) < 4.78 is 11.6. The van der Waals surface area contributed by atoms with E-state index in [-0.39, 0.29) is 24.5 Å². The predicted molar refractivity (Wildman–Crippen MR) is 123 cm³/mol. The van der Waals surface area contributed by atoms with Crippen molar-refractivity contribution in [3.05, 3.63) is 58.7 Å². The van der Waals surface area contributed by atoms with E-state index in [1.54, 1.807) is 13.1 Å². The summed E-state index contributed by atoms with van der Waals surface area (Å²) >= 11 is 0. The van der Waals surface area contributed by atoms with Crippen molar-refractivity contribution in [2.45, 2.75) is 40.2 Å². The van der Waals surface area contributed by atoms with E-state index in [1.807, 2.05) is 58.0 Å². The van der Waals surface area contributed by atoms with Crippen LogP contribution in [0.3, 0.4) is 0 Å². The Morgan fingerprint density at radius 3 is 2.77 bits per heavy atom. The van der Waals surface area contributed by atoms with E-state index in [2.05, 4.69) is 5.32 Å². The number of carbonyl (C=O) groups excluding carboxylic acids is 2. The summed E-state index contributed by atoms with van der Waals surface area (Å²) in [5.41, 5.74) is 4.68. The number of nitrogens with one attached hydrogen (secondary N) is 1. The Bertz CT molecular complexity index is 1010. The highest BCUT2D eigenvalue weighted by Crippen LogP contribution is 2.35. The van der Waals surface area contributed by atoms with E-state index in [0.29, 0.717) is 6.61 Å². The normalized spacial score (nSPS) is 14.8. The summed E-state index contributed by atoms with van der Waals surface area (Å²) in [5, 5.41) is 2.88. The summed E-state index contributed by atoms with van der Waals surface area (Å²) in [4.78, 5) is 26.3. The van der Waals surface area contributed by atoms with Gasteiger partial charge in [0.2, 0.25) is 11.8 Å². The average molecular weight is 423 g/mol. The van der Waals surface area contributed by atoms with Crippen LogP contribution >= 0.6 is 0 Å². The maximum absolute atomic E-state index is 12.6. The second kappa shape index (κ2) is 9.69. The number of benzene rings is 2. The Labute approximate surface area is 183 Å². The van der Waals surface area contributed by atoms with Crippen molar-refractivity contribution < 1.29 is 19.1 Å². The molecular formula is C25H30N2O4. The standard InChI is InChI=1S/C25H30N2O4/c1-6-30-22-14-20-12-18(4)31-23(20)13-19(22)9-10-25(29)27(5)15-24(28)26-21-11-16(2)7-8-17(21)3/h7-11,13-14,18H,6,12,15H2,1-5H3,(H,26,28)/b10-9+/t18-/m1/s1. The summed E-state index contributed by atoms with van der Waals surface area (Å²) in [6, 6.07) is 9.75. The molecule has 0 radical (unpaired) electrons. The molecule has 0 unspecified atom stereocenters. The van der Waals surface area contributed by atoms with E-state index in [1.165, 1.54) is 11.0 Å². The zero-order chi connectivity index (χ0) is 22.5. The number of likely N-dealkylation sites (N-methyl/N-ethyl adjacent to an activating group) is 1. The molecule has 6 nitrogen and oxygen atoms in total. The monoisotopic (exact) mass is 422 g/mol. The number of hydrogen-bond acceptors (Lipinski definition) is 4. The molecule has 1 N–H and O–H groups in total. The van der Waals surface area contributed by atoms with Crippen molar-refractivity contribution in [2.75, 3.05) is 25.5 Å². The van der Waals surface area contributed by atoms with Crippen LogP contribution < -0.4 is 14.8 Å². The lowest BCUT2D eigenvalue weighted by Crippen LogP contribution is -2.34. The van der Waals surface area contributed by atoms with Gasteiger partial charge in [-0.05, 0) is 63.1 Å². The number of ether oxygens (including phenoxy) is 2. The Morgan fingerprint density at radius 1 is 1.26 bits per heavy atom. The van der Waals surface area contributed by atoms with Crippen LogP contribution in [0.25, 0.3) is 6.08 Å². The molecule has 0 fully saturated rings. The molecular weight excluding hydrogens is 392 g/mol. The van der Waals surface area contributed by atoms with Crippen molar-refractivity contribution in [2.24, 2.45) is 0 Å². The van der Waals surface area contributed by atoms with Gasteiger partial charge in [-0.2, -0.15) is 0 Å². The van der Waals surface area contributed by atoms with Crippen LogP contribution in [-0.2, 0) is 16.0 Å². The lowest BCUT2D eigenvalue weighted by atomic mass is 10.1. The first-order chi connectivity index (χ1) is 14.8. The number of anilines is 1. The molecule has 0 aromatic heterocycles. The van der Waals surface area contributed by atoms with Gasteiger partial charge in [0.15, 0.2) is 0 Å². The fourth-order valence-electron chi connectivity index (χ4n) is 3.51. The minimum absolute atomic E-state index is 0.0420. The molecule has 0 aliphatic carbocycles. The molecule has 1 aliphatic rings. The van der Waals surface area contributed by atoms with Gasteiger partial charge in [-0.15, -0.1) is 0 Å². The van der Waals surface area contributed by atoms with Crippen molar-refractivity contribution in [3.8, 4) is 11.5 Å². The van der Waals surface area contributed by atoms with Gasteiger partial charge in [-0.1, -0.05) is 12.1 Å². The van der Waals surface area contributed by atoms with Crippen molar-refractivity contribution >= 4 is 23.6 Å². The zero-order valence-electron chi connectivity index (χ0n) is 18.8. The molecule has 31 heavy (non-hydrogen) atoms. The van der Waals surface area contributed by atoms with Gasteiger partial charge < -0.3 is 19.7 Å². The van der Waals surface area contributed by atoms with Gasteiger partial charge in [0.25, 0.3) is 0 Å². The molecule has 164 valence electrons. The summed E-state index contributed by atoms with van der Waals surface area (Å²) in [5.74, 6) is 1.03. The Hall–Kier alpha value is -3.28. The third-order valence-corrected chi connectivity index (χ3v) is 5.16. The van der Waals surface area contributed by atoms with E-state index < -0.39 is 0 Å². The van der Waals surface area contributed by atoms with E-state index >= 15 is 0 Å². The number of rotatable bonds is 7. The first kappa shape index (κ1) is 22.4. The van der Waals surface area contributed by atoms with Gasteiger partial charge >= 0.3 is 0 Å². The average Bonchev–Trinajstić information content (AvgIpc) is 3.07. The number of hydrogen-bond donors (Lipinski definition) is 1. The lowest BCUT2D eigenvalue weighted by molar-refractivity contribution is -0.129. The van der Waals surface area contributed by atoms with Gasteiger partial charge in [-0.25, -0.2) is 0 Å². The summed E-state index contributed by atoms with van der Waals surface area (Å²) in [6.45, 7) is 8.34. The minimum atomic E-state index is -0.270. The zero-order valence-corrected chi connectivity index (χ0v) is 18.8. The fraction of sp³-hybridized carbons (Fsp3) is 0.360. The Morgan fingerprint density at radius 2 is 2.03 bits per heavy atom. The SMILES string of the molecule is CCOc1cc2c(cc1/C=C/C(=O)N(C)CC(=O)Nc1cc(C)ccc1C)O[C@H](C)C2. The van der Waals surface area contributed by atoms with Crippen molar-refractivity contribution in [1.29, 1.82) is 0 Å². The first-order valence-corrected chi connectivity index (χ1v) is 10.5. The van der Waals surface area contributed by atoms with Crippen LogP contribution in [0.4, 0.5) is 5.69 Å². The number of aryl methyl sites for hydroxylation is 2. The molecule has 0 saturated heterocycles. The van der Waals surface area contributed by atoms with E-state index in [9.17, 15) is 9.59 Å². The largest absolute Gasteiger partial charge is 0.493 e. The minimum Gasteiger partial charge on any atom is -0.493 e. The molecule has 1 heterocycles. The molecule has 2 amide bonds. The molecule has 2 aromatic carbocycles. The molecule has 1 atom stereocenters. The Balaban J connectivity index is 1.66. The molecule has 3 rings (SSSR count). The number of nitrogens with zero attached hydrogens (tertiary/aromatic N) is 1. The quantitative estimate of drug-likeness (QED) is 0.681.